The Bertz CT molecular complexity index is 379. The first kappa shape index (κ1) is 10.7. The van der Waals surface area contributed by atoms with Crippen molar-refractivity contribution in [3.63, 3.8) is 0 Å². The summed E-state index contributed by atoms with van der Waals surface area (Å²) in [5.41, 5.74) is 0. The average molecular weight is 235 g/mol. The molecular formula is C11H17N5O. The number of amides is 1. The summed E-state index contributed by atoms with van der Waals surface area (Å²) in [4.78, 5) is 17.9. The third kappa shape index (κ3) is 2.17. The minimum absolute atomic E-state index is 0.245. The topological polar surface area (TPSA) is 63.1 Å². The third-order valence-corrected chi connectivity index (χ3v) is 3.76. The van der Waals surface area contributed by atoms with Crippen molar-refractivity contribution in [2.45, 2.75) is 13.0 Å². The molecule has 2 fully saturated rings. The summed E-state index contributed by atoms with van der Waals surface area (Å²) >= 11 is 0. The molecule has 1 amide bonds. The van der Waals surface area contributed by atoms with Gasteiger partial charge in [0.25, 0.3) is 0 Å². The van der Waals surface area contributed by atoms with E-state index in [1.54, 1.807) is 11.0 Å². The van der Waals surface area contributed by atoms with Gasteiger partial charge in [0.05, 0.1) is 6.54 Å². The van der Waals surface area contributed by atoms with Crippen molar-refractivity contribution in [3.05, 3.63) is 12.7 Å². The number of aromatic nitrogens is 3. The molecule has 3 heterocycles. The van der Waals surface area contributed by atoms with E-state index in [9.17, 15) is 4.79 Å². The highest BCUT2D eigenvalue weighted by atomic mass is 16.2. The lowest BCUT2D eigenvalue weighted by Gasteiger charge is -2.17. The molecule has 0 radical (unpaired) electrons. The summed E-state index contributed by atoms with van der Waals surface area (Å²) in [6, 6.07) is 0. The van der Waals surface area contributed by atoms with Crippen LogP contribution in [0.25, 0.3) is 0 Å². The molecule has 1 aromatic rings. The van der Waals surface area contributed by atoms with Gasteiger partial charge in [-0.3, -0.25) is 9.48 Å². The molecule has 6 nitrogen and oxygen atoms in total. The maximum absolute atomic E-state index is 12.0. The summed E-state index contributed by atoms with van der Waals surface area (Å²) in [7, 11) is 0. The first-order valence-corrected chi connectivity index (χ1v) is 6.14. The third-order valence-electron chi connectivity index (χ3n) is 3.76. The van der Waals surface area contributed by atoms with Gasteiger partial charge in [0.15, 0.2) is 0 Å². The molecule has 0 aliphatic carbocycles. The lowest BCUT2D eigenvalue weighted by atomic mass is 10.0. The molecule has 6 heteroatoms. The van der Waals surface area contributed by atoms with Gasteiger partial charge in [-0.15, -0.1) is 0 Å². The van der Waals surface area contributed by atoms with Crippen molar-refractivity contribution in [3.8, 4) is 0 Å². The maximum Gasteiger partial charge on any atom is 0.224 e. The van der Waals surface area contributed by atoms with E-state index < -0.39 is 0 Å². The van der Waals surface area contributed by atoms with E-state index >= 15 is 0 Å². The highest BCUT2D eigenvalue weighted by molar-refractivity contribution is 5.76. The van der Waals surface area contributed by atoms with E-state index in [1.807, 2.05) is 4.90 Å². The van der Waals surface area contributed by atoms with Gasteiger partial charge >= 0.3 is 0 Å². The van der Waals surface area contributed by atoms with Gasteiger partial charge in [0.2, 0.25) is 5.91 Å². The Morgan fingerprint density at radius 3 is 2.76 bits per heavy atom. The first-order chi connectivity index (χ1) is 8.33. The maximum atomic E-state index is 12.0. The Morgan fingerprint density at radius 1 is 1.35 bits per heavy atom. The number of hydrogen-bond acceptors (Lipinski definition) is 4. The quantitative estimate of drug-likeness (QED) is 0.756. The lowest BCUT2D eigenvalue weighted by molar-refractivity contribution is -0.130. The molecule has 2 aliphatic heterocycles. The normalized spacial score (nSPS) is 27.4. The van der Waals surface area contributed by atoms with Crippen LogP contribution in [0.5, 0.6) is 0 Å². The number of carbonyl (C=O) groups excluding carboxylic acids is 1. The summed E-state index contributed by atoms with van der Waals surface area (Å²) in [6.45, 7) is 4.61. The molecule has 3 rings (SSSR count). The number of aryl methyl sites for hydroxylation is 1. The molecule has 0 aromatic carbocycles. The summed E-state index contributed by atoms with van der Waals surface area (Å²) in [6.07, 6.45) is 3.67. The van der Waals surface area contributed by atoms with Crippen molar-refractivity contribution in [2.75, 3.05) is 26.2 Å². The first-order valence-electron chi connectivity index (χ1n) is 6.14. The number of hydrogen-bond donors (Lipinski definition) is 1. The van der Waals surface area contributed by atoms with Gasteiger partial charge in [-0.2, -0.15) is 5.10 Å². The lowest BCUT2D eigenvalue weighted by Crippen LogP contribution is -2.32. The van der Waals surface area contributed by atoms with Gasteiger partial charge in [-0.05, 0) is 11.8 Å². The van der Waals surface area contributed by atoms with Gasteiger partial charge in [0.1, 0.15) is 12.7 Å². The van der Waals surface area contributed by atoms with Crippen molar-refractivity contribution < 1.29 is 4.79 Å². The number of fused-ring (bicyclic) bond motifs is 1. The van der Waals surface area contributed by atoms with Gasteiger partial charge in [-0.25, -0.2) is 4.98 Å². The van der Waals surface area contributed by atoms with Crippen LogP contribution in [0.1, 0.15) is 6.42 Å². The van der Waals surface area contributed by atoms with Crippen LogP contribution in [0.4, 0.5) is 0 Å². The molecule has 2 unspecified atom stereocenters. The zero-order chi connectivity index (χ0) is 11.7. The highest BCUT2D eigenvalue weighted by Gasteiger charge is 2.37. The van der Waals surface area contributed by atoms with Crippen LogP contribution in [0.15, 0.2) is 12.7 Å². The molecule has 1 N–H and O–H groups in total. The molecule has 0 bridgehead atoms. The van der Waals surface area contributed by atoms with Crippen molar-refractivity contribution in [1.82, 2.24) is 25.0 Å². The smallest absolute Gasteiger partial charge is 0.224 e. The fourth-order valence-corrected chi connectivity index (χ4v) is 2.78. The van der Waals surface area contributed by atoms with Crippen molar-refractivity contribution in [2.24, 2.45) is 11.8 Å². The van der Waals surface area contributed by atoms with E-state index in [1.165, 1.54) is 6.33 Å². The van der Waals surface area contributed by atoms with Crippen LogP contribution in [0, 0.1) is 11.8 Å². The number of nitrogens with one attached hydrogen (secondary N) is 1. The standard InChI is InChI=1S/C11H17N5O/c17-11(1-2-16-8-13-7-14-16)15-5-9-3-12-4-10(9)6-15/h7-10,12H,1-6H2. The molecule has 1 aromatic heterocycles. The van der Waals surface area contributed by atoms with Crippen LogP contribution in [0.3, 0.4) is 0 Å². The second kappa shape index (κ2) is 4.44. The van der Waals surface area contributed by atoms with Crippen LogP contribution in [-0.2, 0) is 11.3 Å². The fourth-order valence-electron chi connectivity index (χ4n) is 2.78. The number of carbonyl (C=O) groups is 1. The Labute approximate surface area is 100 Å². The number of rotatable bonds is 3. The molecule has 2 atom stereocenters. The zero-order valence-electron chi connectivity index (χ0n) is 9.75. The van der Waals surface area contributed by atoms with Gasteiger partial charge in [-0.1, -0.05) is 0 Å². The van der Waals surface area contributed by atoms with Crippen LogP contribution < -0.4 is 5.32 Å². The van der Waals surface area contributed by atoms with E-state index in [2.05, 4.69) is 15.4 Å². The van der Waals surface area contributed by atoms with Crippen LogP contribution in [0.2, 0.25) is 0 Å². The summed E-state index contributed by atoms with van der Waals surface area (Å²) in [5.74, 6) is 1.59. The fraction of sp³-hybridized carbons (Fsp3) is 0.727. The number of nitrogens with zero attached hydrogens (tertiary/aromatic N) is 4. The Kier molecular flexibility index (Phi) is 2.80. The van der Waals surface area contributed by atoms with Crippen molar-refractivity contribution in [1.29, 1.82) is 0 Å². The van der Waals surface area contributed by atoms with Gasteiger partial charge in [0, 0.05) is 32.6 Å². The monoisotopic (exact) mass is 235 g/mol. The number of likely N-dealkylation sites (tertiary alicyclic amines) is 1. The Hall–Kier alpha value is -1.43. The molecular weight excluding hydrogens is 218 g/mol. The van der Waals surface area contributed by atoms with Gasteiger partial charge < -0.3 is 10.2 Å². The van der Waals surface area contributed by atoms with Crippen LogP contribution >= 0.6 is 0 Å². The Balaban J connectivity index is 1.50. The molecule has 0 saturated carbocycles. The summed E-state index contributed by atoms with van der Waals surface area (Å²) < 4.78 is 1.70. The average Bonchev–Trinajstić information content (AvgIpc) is 3.01. The van der Waals surface area contributed by atoms with E-state index in [4.69, 9.17) is 0 Å². The van der Waals surface area contributed by atoms with Crippen molar-refractivity contribution >= 4 is 5.91 Å². The van der Waals surface area contributed by atoms with Crippen LogP contribution in [-0.4, -0.2) is 51.8 Å². The predicted octanol–water partition coefficient (Wildman–Crippen LogP) is -0.654. The second-order valence-corrected chi connectivity index (χ2v) is 4.89. The van der Waals surface area contributed by atoms with E-state index in [-0.39, 0.29) is 5.91 Å². The predicted molar refractivity (Wildman–Crippen MR) is 61.1 cm³/mol. The highest BCUT2D eigenvalue weighted by Crippen LogP contribution is 2.26. The Morgan fingerprint density at radius 2 is 2.12 bits per heavy atom. The summed E-state index contributed by atoms with van der Waals surface area (Å²) in [5, 5.41) is 7.37. The second-order valence-electron chi connectivity index (χ2n) is 4.89. The molecule has 2 saturated heterocycles. The SMILES string of the molecule is O=C(CCn1cncn1)N1CC2CNCC2C1. The van der Waals surface area contributed by atoms with E-state index in [0.29, 0.717) is 24.8 Å². The molecule has 0 spiro atoms. The minimum Gasteiger partial charge on any atom is -0.342 e. The minimum atomic E-state index is 0.245. The molecule has 2 aliphatic rings. The zero-order valence-corrected chi connectivity index (χ0v) is 9.75. The largest absolute Gasteiger partial charge is 0.342 e. The molecule has 92 valence electrons. The molecule has 17 heavy (non-hydrogen) atoms. The van der Waals surface area contributed by atoms with E-state index in [0.717, 1.165) is 26.2 Å².